The number of aromatic carboxylic acids is 1. The average molecular weight is 335 g/mol. The largest absolute Gasteiger partial charge is 0.478 e. The molecule has 0 unspecified atom stereocenters. The van der Waals surface area contributed by atoms with Gasteiger partial charge in [0.05, 0.1) is 11.1 Å². The van der Waals surface area contributed by atoms with Crippen molar-refractivity contribution in [1.82, 2.24) is 10.3 Å². The topological polar surface area (TPSA) is 79.3 Å². The van der Waals surface area contributed by atoms with E-state index in [1.807, 2.05) is 0 Å². The highest BCUT2D eigenvalue weighted by molar-refractivity contribution is 9.10. The van der Waals surface area contributed by atoms with Gasteiger partial charge in [0.1, 0.15) is 0 Å². The summed E-state index contributed by atoms with van der Waals surface area (Å²) in [6.45, 7) is 0.256. The van der Waals surface area contributed by atoms with Gasteiger partial charge in [-0.2, -0.15) is 0 Å². The molecule has 0 aliphatic heterocycles. The molecular formula is C14H11BrN2O3. The Kier molecular flexibility index (Phi) is 4.47. The van der Waals surface area contributed by atoms with Crippen LogP contribution in [0.3, 0.4) is 0 Å². The first kappa shape index (κ1) is 14.2. The first-order chi connectivity index (χ1) is 9.56. The van der Waals surface area contributed by atoms with Crippen molar-refractivity contribution in [1.29, 1.82) is 0 Å². The number of hydrogen-bond donors (Lipinski definition) is 2. The van der Waals surface area contributed by atoms with E-state index in [9.17, 15) is 9.59 Å². The summed E-state index contributed by atoms with van der Waals surface area (Å²) in [5.74, 6) is -1.26. The van der Waals surface area contributed by atoms with Crippen molar-refractivity contribution in [3.8, 4) is 0 Å². The van der Waals surface area contributed by atoms with Crippen molar-refractivity contribution in [3.63, 3.8) is 0 Å². The quantitative estimate of drug-likeness (QED) is 0.900. The predicted octanol–water partition coefficient (Wildman–Crippen LogP) is 2.47. The van der Waals surface area contributed by atoms with E-state index in [0.29, 0.717) is 5.56 Å². The summed E-state index contributed by atoms with van der Waals surface area (Å²) < 4.78 is 0.720. The number of carboxylic acid groups (broad SMARTS) is 1. The van der Waals surface area contributed by atoms with Gasteiger partial charge in [-0.1, -0.05) is 12.1 Å². The number of nitrogens with one attached hydrogen (secondary N) is 1. The summed E-state index contributed by atoms with van der Waals surface area (Å²) in [5.41, 5.74) is 1.36. The highest BCUT2D eigenvalue weighted by Crippen LogP contribution is 2.10. The number of carbonyl (C=O) groups excluding carboxylic acids is 1. The molecule has 0 fully saturated rings. The Labute approximate surface area is 123 Å². The third-order valence-corrected chi connectivity index (χ3v) is 3.03. The van der Waals surface area contributed by atoms with E-state index in [-0.39, 0.29) is 18.0 Å². The van der Waals surface area contributed by atoms with Gasteiger partial charge in [-0.3, -0.25) is 9.78 Å². The van der Waals surface area contributed by atoms with Crippen LogP contribution >= 0.6 is 15.9 Å². The number of aromatic nitrogens is 1. The maximum Gasteiger partial charge on any atom is 0.335 e. The number of amides is 1. The maximum atomic E-state index is 11.9. The van der Waals surface area contributed by atoms with Gasteiger partial charge >= 0.3 is 5.97 Å². The molecule has 102 valence electrons. The Morgan fingerprint density at radius 2 is 2.00 bits per heavy atom. The minimum atomic E-state index is -0.991. The van der Waals surface area contributed by atoms with Crippen molar-refractivity contribution in [2.24, 2.45) is 0 Å². The summed E-state index contributed by atoms with van der Waals surface area (Å²) in [6.07, 6.45) is 3.06. The van der Waals surface area contributed by atoms with E-state index in [1.54, 1.807) is 24.4 Å². The fraction of sp³-hybridized carbons (Fsp3) is 0.0714. The Bertz CT molecular complexity index is 658. The van der Waals surface area contributed by atoms with Crippen LogP contribution in [0.5, 0.6) is 0 Å². The minimum absolute atomic E-state index is 0.195. The first-order valence-corrected chi connectivity index (χ1v) is 6.56. The van der Waals surface area contributed by atoms with Crippen LogP contribution in [0, 0.1) is 0 Å². The molecule has 0 saturated heterocycles. The Morgan fingerprint density at radius 3 is 2.70 bits per heavy atom. The molecule has 0 aliphatic rings. The molecule has 1 aromatic heterocycles. The molecule has 0 spiro atoms. The second-order valence-corrected chi connectivity index (χ2v) is 5.00. The number of benzene rings is 1. The summed E-state index contributed by atoms with van der Waals surface area (Å²) >= 11 is 3.24. The zero-order valence-corrected chi connectivity index (χ0v) is 11.9. The zero-order valence-electron chi connectivity index (χ0n) is 10.3. The number of pyridine rings is 1. The molecule has 0 aliphatic carbocycles. The fourth-order valence-corrected chi connectivity index (χ4v) is 2.00. The van der Waals surface area contributed by atoms with Crippen molar-refractivity contribution in [3.05, 3.63) is 63.9 Å². The highest BCUT2D eigenvalue weighted by Gasteiger charge is 2.07. The van der Waals surface area contributed by atoms with E-state index in [0.717, 1.165) is 10.0 Å². The SMILES string of the molecule is O=C(O)c1cccc(CNC(=O)c2cncc(Br)c2)c1. The predicted molar refractivity (Wildman–Crippen MR) is 76.5 cm³/mol. The van der Waals surface area contributed by atoms with Gasteiger partial charge in [0.15, 0.2) is 0 Å². The van der Waals surface area contributed by atoms with E-state index in [4.69, 9.17) is 5.11 Å². The Morgan fingerprint density at radius 1 is 1.20 bits per heavy atom. The summed E-state index contributed by atoms with van der Waals surface area (Å²) in [7, 11) is 0. The van der Waals surface area contributed by atoms with Gasteiger partial charge in [-0.15, -0.1) is 0 Å². The molecule has 2 aromatic rings. The smallest absolute Gasteiger partial charge is 0.335 e. The van der Waals surface area contributed by atoms with Crippen molar-refractivity contribution in [2.75, 3.05) is 0 Å². The van der Waals surface area contributed by atoms with Gasteiger partial charge in [-0.05, 0) is 39.7 Å². The molecule has 0 radical (unpaired) electrons. The standard InChI is InChI=1S/C14H11BrN2O3/c15-12-5-11(7-16-8-12)13(18)17-6-9-2-1-3-10(4-9)14(19)20/h1-5,7-8H,6H2,(H,17,18)(H,19,20). The molecule has 2 rings (SSSR count). The van der Waals surface area contributed by atoms with Crippen LogP contribution in [0.2, 0.25) is 0 Å². The molecular weight excluding hydrogens is 324 g/mol. The zero-order chi connectivity index (χ0) is 14.5. The monoisotopic (exact) mass is 334 g/mol. The van der Waals surface area contributed by atoms with Crippen molar-refractivity contribution >= 4 is 27.8 Å². The summed E-state index contributed by atoms with van der Waals surface area (Å²) in [5, 5.41) is 11.6. The lowest BCUT2D eigenvalue weighted by Gasteiger charge is -2.06. The number of halogens is 1. The molecule has 1 heterocycles. The van der Waals surface area contributed by atoms with E-state index < -0.39 is 5.97 Å². The first-order valence-electron chi connectivity index (χ1n) is 5.77. The van der Waals surface area contributed by atoms with Crippen LogP contribution in [-0.2, 0) is 6.54 Å². The van der Waals surface area contributed by atoms with Crippen LogP contribution in [0.15, 0.2) is 47.2 Å². The molecule has 20 heavy (non-hydrogen) atoms. The van der Waals surface area contributed by atoms with Gasteiger partial charge in [0.2, 0.25) is 0 Å². The Hall–Kier alpha value is -2.21. The van der Waals surface area contributed by atoms with Crippen LogP contribution < -0.4 is 5.32 Å². The molecule has 0 atom stereocenters. The van der Waals surface area contributed by atoms with Gasteiger partial charge in [-0.25, -0.2) is 4.79 Å². The Balaban J connectivity index is 2.03. The lowest BCUT2D eigenvalue weighted by molar-refractivity contribution is 0.0696. The molecule has 0 saturated carbocycles. The van der Waals surface area contributed by atoms with Gasteiger partial charge in [0, 0.05) is 23.4 Å². The number of rotatable bonds is 4. The number of carboxylic acids is 1. The summed E-state index contributed by atoms with van der Waals surface area (Å²) in [4.78, 5) is 26.7. The van der Waals surface area contributed by atoms with Crippen LogP contribution in [0.25, 0.3) is 0 Å². The van der Waals surface area contributed by atoms with E-state index in [2.05, 4.69) is 26.2 Å². The van der Waals surface area contributed by atoms with Crippen molar-refractivity contribution in [2.45, 2.75) is 6.54 Å². The van der Waals surface area contributed by atoms with E-state index in [1.165, 1.54) is 18.3 Å². The number of carbonyl (C=O) groups is 2. The third-order valence-electron chi connectivity index (χ3n) is 2.59. The molecule has 1 aromatic carbocycles. The molecule has 1 amide bonds. The lowest BCUT2D eigenvalue weighted by Crippen LogP contribution is -2.23. The summed E-state index contributed by atoms with van der Waals surface area (Å²) in [6, 6.07) is 8.10. The molecule has 0 bridgehead atoms. The number of nitrogens with zero attached hydrogens (tertiary/aromatic N) is 1. The average Bonchev–Trinajstić information content (AvgIpc) is 2.45. The molecule has 2 N–H and O–H groups in total. The second kappa shape index (κ2) is 6.29. The van der Waals surface area contributed by atoms with Crippen LogP contribution in [-0.4, -0.2) is 22.0 Å². The van der Waals surface area contributed by atoms with Crippen LogP contribution in [0.4, 0.5) is 0 Å². The highest BCUT2D eigenvalue weighted by atomic mass is 79.9. The maximum absolute atomic E-state index is 11.9. The van der Waals surface area contributed by atoms with E-state index >= 15 is 0 Å². The molecule has 6 heteroatoms. The third kappa shape index (κ3) is 3.64. The van der Waals surface area contributed by atoms with Crippen LogP contribution in [0.1, 0.15) is 26.3 Å². The van der Waals surface area contributed by atoms with Gasteiger partial charge < -0.3 is 10.4 Å². The molecule has 5 nitrogen and oxygen atoms in total. The minimum Gasteiger partial charge on any atom is -0.478 e. The lowest BCUT2D eigenvalue weighted by atomic mass is 10.1. The fourth-order valence-electron chi connectivity index (χ4n) is 1.63. The second-order valence-electron chi connectivity index (χ2n) is 4.08. The van der Waals surface area contributed by atoms with Crippen molar-refractivity contribution < 1.29 is 14.7 Å². The number of hydrogen-bond acceptors (Lipinski definition) is 3. The normalized spacial score (nSPS) is 10.1. The van der Waals surface area contributed by atoms with Gasteiger partial charge in [0.25, 0.3) is 5.91 Å².